The molecule has 2 aliphatic rings. The molecule has 0 spiro atoms. The van der Waals surface area contributed by atoms with Gasteiger partial charge in [-0.15, -0.1) is 0 Å². The van der Waals surface area contributed by atoms with Crippen LogP contribution >= 0.6 is 23.5 Å². The summed E-state index contributed by atoms with van der Waals surface area (Å²) in [6.45, 7) is 12.1. The van der Waals surface area contributed by atoms with Gasteiger partial charge in [0.05, 0.1) is 26.4 Å². The van der Waals surface area contributed by atoms with E-state index in [1.54, 1.807) is 0 Å². The molecule has 0 saturated carbocycles. The SMILES string of the molecule is CCCCCCCCCCOc1ccc(OCCCCCCCCCC)c(-c2cc3c(-c4cc(OCCCCCCCCCC)ccc4OCCCCCCCCCC)cc2CSCc2cccc(c2)CSC3)c1. The van der Waals surface area contributed by atoms with Crippen LogP contribution in [0.4, 0.5) is 0 Å². The minimum atomic E-state index is 0.728. The van der Waals surface area contributed by atoms with Crippen molar-refractivity contribution in [2.75, 3.05) is 26.4 Å². The lowest BCUT2D eigenvalue weighted by Gasteiger charge is -2.22. The molecule has 2 heterocycles. The number of hydrogen-bond acceptors (Lipinski definition) is 6. The van der Waals surface area contributed by atoms with Crippen molar-refractivity contribution in [3.8, 4) is 45.3 Å². The van der Waals surface area contributed by atoms with Crippen molar-refractivity contribution in [2.45, 2.75) is 256 Å². The third-order valence-electron chi connectivity index (χ3n) is 14.9. The van der Waals surface area contributed by atoms with E-state index in [0.29, 0.717) is 0 Å². The van der Waals surface area contributed by atoms with E-state index in [9.17, 15) is 0 Å². The number of hydrogen-bond donors (Lipinski definition) is 0. The third kappa shape index (κ3) is 24.8. The van der Waals surface area contributed by atoms with E-state index in [0.717, 1.165) is 109 Å². The molecule has 6 rings (SSSR count). The first-order valence-corrected chi connectivity index (χ1v) is 33.1. The van der Waals surface area contributed by atoms with Crippen molar-refractivity contribution in [3.63, 3.8) is 0 Å². The molecular weight excluding hydrogens is 945 g/mol. The zero-order valence-electron chi connectivity index (χ0n) is 47.7. The molecule has 0 saturated heterocycles. The molecule has 0 radical (unpaired) electrons. The van der Waals surface area contributed by atoms with Crippen molar-refractivity contribution < 1.29 is 18.9 Å². The van der Waals surface area contributed by atoms with Crippen LogP contribution in [0, 0.1) is 0 Å². The number of thioether (sulfide) groups is 2. The standard InChI is InChI=1S/C68H104O4S2/c1-5-9-13-17-21-25-29-33-44-69-61-40-42-67(71-46-35-31-27-23-19-15-11-7-3)65(51-61)63-49-60-56-74-54-58-39-37-38-57(48-58)53-73-55-59(63)50-64(60)66-52-62(70-45-34-30-26-22-18-14-10-6-2)41-43-68(66)72-47-36-32-28-24-20-16-12-8-4/h37-43,48-52H,5-36,44-47,53-56H2,1-4H3. The second-order valence-corrected chi connectivity index (χ2v) is 23.6. The van der Waals surface area contributed by atoms with Crippen molar-refractivity contribution in [2.24, 2.45) is 0 Å². The summed E-state index contributed by atoms with van der Waals surface area (Å²) in [5.74, 6) is 7.49. The molecular formula is C68H104O4S2. The fraction of sp³-hybridized carbons (Fsp3) is 0.647. The lowest BCUT2D eigenvalue weighted by atomic mass is 9.90. The molecule has 2 aliphatic heterocycles. The van der Waals surface area contributed by atoms with E-state index in [-0.39, 0.29) is 0 Å². The Balaban J connectivity index is 1.47. The molecule has 0 aliphatic carbocycles. The van der Waals surface area contributed by atoms with E-state index in [2.05, 4.69) is 100 Å². The lowest BCUT2D eigenvalue weighted by molar-refractivity contribution is 0.297. The monoisotopic (exact) mass is 1050 g/mol. The normalized spacial score (nSPS) is 12.6. The van der Waals surface area contributed by atoms with E-state index in [1.165, 1.54) is 213 Å². The largest absolute Gasteiger partial charge is 0.494 e. The predicted molar refractivity (Wildman–Crippen MR) is 326 cm³/mol. The fourth-order valence-electron chi connectivity index (χ4n) is 10.4. The zero-order chi connectivity index (χ0) is 51.9. The van der Waals surface area contributed by atoms with Gasteiger partial charge in [0.25, 0.3) is 0 Å². The molecule has 6 heteroatoms. The van der Waals surface area contributed by atoms with E-state index in [4.69, 9.17) is 18.9 Å². The maximum atomic E-state index is 6.86. The molecule has 0 aromatic heterocycles. The highest BCUT2D eigenvalue weighted by molar-refractivity contribution is 7.98. The van der Waals surface area contributed by atoms with Crippen LogP contribution in [0.3, 0.4) is 0 Å². The predicted octanol–water partition coefficient (Wildman–Crippen LogP) is 22.3. The molecule has 4 aromatic carbocycles. The maximum absolute atomic E-state index is 6.86. The Kier molecular flexibility index (Phi) is 33.4. The zero-order valence-corrected chi connectivity index (χ0v) is 49.3. The summed E-state index contributed by atoms with van der Waals surface area (Å²) in [5, 5.41) is 0. The van der Waals surface area contributed by atoms with Gasteiger partial charge in [-0.1, -0.05) is 232 Å². The Labute approximate surface area is 462 Å². The summed E-state index contributed by atoms with van der Waals surface area (Å²) in [6.07, 6.45) is 41.2. The van der Waals surface area contributed by atoms with Crippen LogP contribution in [0.15, 0.2) is 72.8 Å². The fourth-order valence-corrected chi connectivity index (χ4v) is 12.3. The highest BCUT2D eigenvalue weighted by atomic mass is 32.2. The van der Waals surface area contributed by atoms with Crippen LogP contribution in [0.25, 0.3) is 22.3 Å². The number of unbranched alkanes of at least 4 members (excludes halogenated alkanes) is 28. The summed E-state index contributed by atoms with van der Waals surface area (Å²) in [4.78, 5) is 0. The summed E-state index contributed by atoms with van der Waals surface area (Å²) in [5.41, 5.74) is 10.3. The molecule has 0 N–H and O–H groups in total. The molecule has 0 amide bonds. The molecule has 4 aromatic rings. The van der Waals surface area contributed by atoms with Gasteiger partial charge in [0, 0.05) is 34.1 Å². The van der Waals surface area contributed by atoms with E-state index in [1.807, 2.05) is 23.5 Å². The summed E-state index contributed by atoms with van der Waals surface area (Å²) in [7, 11) is 0. The summed E-state index contributed by atoms with van der Waals surface area (Å²) in [6, 6.07) is 27.6. The van der Waals surface area contributed by atoms with Gasteiger partial charge in [-0.05, 0) is 108 Å². The van der Waals surface area contributed by atoms with Crippen LogP contribution in [0.1, 0.15) is 255 Å². The minimum absolute atomic E-state index is 0.728. The smallest absolute Gasteiger partial charge is 0.127 e. The maximum Gasteiger partial charge on any atom is 0.127 e. The van der Waals surface area contributed by atoms with E-state index < -0.39 is 0 Å². The van der Waals surface area contributed by atoms with Gasteiger partial charge in [-0.2, -0.15) is 23.5 Å². The van der Waals surface area contributed by atoms with Crippen molar-refractivity contribution in [1.29, 1.82) is 0 Å². The van der Waals surface area contributed by atoms with Gasteiger partial charge < -0.3 is 18.9 Å². The van der Waals surface area contributed by atoms with Gasteiger partial charge in [-0.25, -0.2) is 0 Å². The molecule has 0 unspecified atom stereocenters. The average molecular weight is 1050 g/mol. The van der Waals surface area contributed by atoms with Crippen LogP contribution in [-0.2, 0) is 23.0 Å². The number of ether oxygens (including phenoxy) is 4. The molecule has 0 atom stereocenters. The second kappa shape index (κ2) is 40.1. The molecule has 412 valence electrons. The molecule has 4 nitrogen and oxygen atoms in total. The molecule has 74 heavy (non-hydrogen) atoms. The Morgan fingerprint density at radius 1 is 0.297 bits per heavy atom. The van der Waals surface area contributed by atoms with Crippen LogP contribution in [0.2, 0.25) is 0 Å². The highest BCUT2D eigenvalue weighted by Gasteiger charge is 2.21. The average Bonchev–Trinajstić information content (AvgIpc) is 3.43. The lowest BCUT2D eigenvalue weighted by Crippen LogP contribution is -2.04. The first-order valence-electron chi connectivity index (χ1n) is 30.8. The van der Waals surface area contributed by atoms with Crippen molar-refractivity contribution in [3.05, 3.63) is 95.1 Å². The Morgan fingerprint density at radius 2 is 0.608 bits per heavy atom. The van der Waals surface area contributed by atoms with Crippen LogP contribution in [-0.4, -0.2) is 26.4 Å². The summed E-state index contributed by atoms with van der Waals surface area (Å²) >= 11 is 4.02. The number of fused-ring (bicyclic) bond motifs is 6. The first kappa shape index (κ1) is 61.6. The van der Waals surface area contributed by atoms with Gasteiger partial charge in [0.2, 0.25) is 0 Å². The molecule has 0 fully saturated rings. The topological polar surface area (TPSA) is 36.9 Å². The Morgan fingerprint density at radius 3 is 0.946 bits per heavy atom. The Bertz CT molecular complexity index is 1910. The van der Waals surface area contributed by atoms with Gasteiger partial charge in [0.1, 0.15) is 23.0 Å². The Hall–Kier alpha value is -3.22. The minimum Gasteiger partial charge on any atom is -0.494 e. The van der Waals surface area contributed by atoms with Crippen LogP contribution < -0.4 is 18.9 Å². The summed E-state index contributed by atoms with van der Waals surface area (Å²) < 4.78 is 27.0. The van der Waals surface area contributed by atoms with Gasteiger partial charge in [0.15, 0.2) is 0 Å². The van der Waals surface area contributed by atoms with Crippen molar-refractivity contribution >= 4 is 23.5 Å². The third-order valence-corrected chi connectivity index (χ3v) is 17.0. The van der Waals surface area contributed by atoms with Crippen LogP contribution in [0.5, 0.6) is 23.0 Å². The number of rotatable bonds is 42. The first-order chi connectivity index (χ1) is 36.6. The highest BCUT2D eigenvalue weighted by Crippen LogP contribution is 2.44. The van der Waals surface area contributed by atoms with Gasteiger partial charge in [-0.3, -0.25) is 0 Å². The number of benzene rings is 4. The van der Waals surface area contributed by atoms with Gasteiger partial charge >= 0.3 is 0 Å². The van der Waals surface area contributed by atoms with E-state index >= 15 is 0 Å². The molecule has 4 bridgehead atoms. The second-order valence-electron chi connectivity index (χ2n) is 21.6. The quantitative estimate of drug-likeness (QED) is 0.0412. The van der Waals surface area contributed by atoms with Crippen molar-refractivity contribution in [1.82, 2.24) is 0 Å².